The smallest absolute Gasteiger partial charge is 0.409 e. The van der Waals surface area contributed by atoms with E-state index in [1.54, 1.807) is 27.0 Å². The average molecular weight is 460 g/mol. The van der Waals surface area contributed by atoms with Gasteiger partial charge in [0.15, 0.2) is 0 Å². The molecule has 0 spiro atoms. The molecular formula is C22H29N5O4S. The number of para-hydroxylation sites is 1. The second kappa shape index (κ2) is 10.9. The molecule has 9 nitrogen and oxygen atoms in total. The fraction of sp³-hybridized carbons (Fsp3) is 0.455. The second-order valence-electron chi connectivity index (χ2n) is 7.62. The van der Waals surface area contributed by atoms with Crippen LogP contribution >= 0.6 is 11.3 Å². The fourth-order valence-corrected chi connectivity index (χ4v) is 4.07. The van der Waals surface area contributed by atoms with Crippen molar-refractivity contribution in [3.8, 4) is 0 Å². The molecule has 0 aliphatic carbocycles. The van der Waals surface area contributed by atoms with E-state index >= 15 is 0 Å². The number of thiazole rings is 1. The molecule has 3 rings (SSSR count). The zero-order chi connectivity index (χ0) is 23.1. The molecule has 1 aliphatic heterocycles. The van der Waals surface area contributed by atoms with Gasteiger partial charge in [-0.25, -0.2) is 14.6 Å². The Morgan fingerprint density at radius 2 is 1.78 bits per heavy atom. The zero-order valence-corrected chi connectivity index (χ0v) is 19.4. The Balaban J connectivity index is 1.58. The molecule has 172 valence electrons. The number of carbonyl (C=O) groups is 3. The van der Waals surface area contributed by atoms with Crippen LogP contribution in [0.1, 0.15) is 36.3 Å². The zero-order valence-electron chi connectivity index (χ0n) is 18.6. The standard InChI is InChI=1S/C22H29N5O4S/c1-4-31-22(30)26-12-10-25(11-13-26)20(28)18-15-32-19(24-18)14-27(16(2)3)21(29)23-17-8-6-5-7-9-17/h5-9,15-16H,4,10-14H2,1-3H3,(H,23,29). The lowest BCUT2D eigenvalue weighted by atomic mass is 10.3. The molecule has 32 heavy (non-hydrogen) atoms. The summed E-state index contributed by atoms with van der Waals surface area (Å²) in [4.78, 5) is 46.9. The lowest BCUT2D eigenvalue weighted by Gasteiger charge is -2.33. The SMILES string of the molecule is CCOC(=O)N1CCN(C(=O)c2csc(CN(C(=O)Nc3ccccc3)C(C)C)n2)CC1. The topological polar surface area (TPSA) is 95.1 Å². The van der Waals surface area contributed by atoms with Crippen LogP contribution in [0.5, 0.6) is 0 Å². The van der Waals surface area contributed by atoms with Crippen molar-refractivity contribution in [2.45, 2.75) is 33.4 Å². The number of rotatable bonds is 6. The largest absolute Gasteiger partial charge is 0.450 e. The molecule has 0 atom stereocenters. The number of nitrogens with zero attached hydrogens (tertiary/aromatic N) is 4. The van der Waals surface area contributed by atoms with Crippen molar-refractivity contribution in [3.05, 3.63) is 46.4 Å². The molecule has 0 unspecified atom stereocenters. The van der Waals surface area contributed by atoms with E-state index < -0.39 is 0 Å². The van der Waals surface area contributed by atoms with Crippen molar-refractivity contribution in [3.63, 3.8) is 0 Å². The van der Waals surface area contributed by atoms with E-state index in [1.807, 2.05) is 44.2 Å². The minimum Gasteiger partial charge on any atom is -0.450 e. The van der Waals surface area contributed by atoms with Crippen LogP contribution in [-0.2, 0) is 11.3 Å². The third-order valence-corrected chi connectivity index (χ3v) is 5.91. The molecule has 1 aromatic heterocycles. The van der Waals surface area contributed by atoms with Gasteiger partial charge in [0.1, 0.15) is 10.7 Å². The van der Waals surface area contributed by atoms with Crippen LogP contribution in [0.4, 0.5) is 15.3 Å². The van der Waals surface area contributed by atoms with Crippen LogP contribution in [0.25, 0.3) is 0 Å². The first-order valence-corrected chi connectivity index (χ1v) is 11.5. The Labute approximate surface area is 192 Å². The number of hydrogen-bond acceptors (Lipinski definition) is 6. The normalized spacial score (nSPS) is 13.8. The summed E-state index contributed by atoms with van der Waals surface area (Å²) in [5.74, 6) is -0.166. The first-order chi connectivity index (χ1) is 15.4. The number of hydrogen-bond donors (Lipinski definition) is 1. The van der Waals surface area contributed by atoms with E-state index in [0.717, 1.165) is 5.69 Å². The summed E-state index contributed by atoms with van der Waals surface area (Å²) in [6, 6.07) is 9.01. The molecule has 1 aromatic carbocycles. The predicted octanol–water partition coefficient (Wildman–Crippen LogP) is 3.50. The first kappa shape index (κ1) is 23.5. The van der Waals surface area contributed by atoms with Gasteiger partial charge in [0.05, 0.1) is 13.2 Å². The maximum Gasteiger partial charge on any atom is 0.409 e. The van der Waals surface area contributed by atoms with Gasteiger partial charge in [-0.05, 0) is 32.9 Å². The van der Waals surface area contributed by atoms with Gasteiger partial charge in [0, 0.05) is 43.3 Å². The number of aromatic nitrogens is 1. The maximum absolute atomic E-state index is 12.9. The van der Waals surface area contributed by atoms with E-state index in [0.29, 0.717) is 50.0 Å². The Bertz CT molecular complexity index is 925. The quantitative estimate of drug-likeness (QED) is 0.713. The molecule has 0 radical (unpaired) electrons. The highest BCUT2D eigenvalue weighted by Gasteiger charge is 2.27. The monoisotopic (exact) mass is 459 g/mol. The highest BCUT2D eigenvalue weighted by Crippen LogP contribution is 2.18. The van der Waals surface area contributed by atoms with E-state index in [2.05, 4.69) is 10.3 Å². The van der Waals surface area contributed by atoms with E-state index in [1.165, 1.54) is 11.3 Å². The third-order valence-electron chi connectivity index (χ3n) is 5.08. The van der Waals surface area contributed by atoms with E-state index in [9.17, 15) is 14.4 Å². The van der Waals surface area contributed by atoms with Crippen LogP contribution in [0.15, 0.2) is 35.7 Å². The van der Waals surface area contributed by atoms with Crippen molar-refractivity contribution in [1.29, 1.82) is 0 Å². The number of ether oxygens (including phenoxy) is 1. The van der Waals surface area contributed by atoms with Crippen molar-refractivity contribution in [1.82, 2.24) is 19.7 Å². The van der Waals surface area contributed by atoms with Gasteiger partial charge < -0.3 is 24.8 Å². The highest BCUT2D eigenvalue weighted by atomic mass is 32.1. The van der Waals surface area contributed by atoms with Crippen LogP contribution in [0.2, 0.25) is 0 Å². The fourth-order valence-electron chi connectivity index (χ4n) is 3.30. The van der Waals surface area contributed by atoms with Crippen molar-refractivity contribution in [2.24, 2.45) is 0 Å². The van der Waals surface area contributed by atoms with E-state index in [4.69, 9.17) is 4.74 Å². The van der Waals surface area contributed by atoms with Gasteiger partial charge in [-0.3, -0.25) is 4.79 Å². The Hall–Kier alpha value is -3.14. The maximum atomic E-state index is 12.9. The van der Waals surface area contributed by atoms with Crippen molar-refractivity contribution >= 4 is 35.1 Å². The lowest BCUT2D eigenvalue weighted by Crippen LogP contribution is -2.50. The Kier molecular flexibility index (Phi) is 8.04. The molecule has 1 aliphatic rings. The summed E-state index contributed by atoms with van der Waals surface area (Å²) in [5, 5.41) is 5.31. The number of urea groups is 1. The molecule has 4 amide bonds. The molecule has 2 aromatic rings. The van der Waals surface area contributed by atoms with Crippen molar-refractivity contribution < 1.29 is 19.1 Å². The van der Waals surface area contributed by atoms with E-state index in [-0.39, 0.29) is 24.1 Å². The van der Waals surface area contributed by atoms with Gasteiger partial charge in [-0.15, -0.1) is 11.3 Å². The molecule has 1 saturated heterocycles. The van der Waals surface area contributed by atoms with Crippen LogP contribution in [0.3, 0.4) is 0 Å². The molecule has 1 N–H and O–H groups in total. The van der Waals surface area contributed by atoms with Gasteiger partial charge >= 0.3 is 12.1 Å². The molecule has 0 bridgehead atoms. The van der Waals surface area contributed by atoms with Crippen LogP contribution in [-0.4, -0.2) is 76.5 Å². The average Bonchev–Trinajstić information content (AvgIpc) is 3.26. The Morgan fingerprint density at radius 1 is 1.12 bits per heavy atom. The number of benzene rings is 1. The highest BCUT2D eigenvalue weighted by molar-refractivity contribution is 7.09. The summed E-state index contributed by atoms with van der Waals surface area (Å²) >= 11 is 1.36. The summed E-state index contributed by atoms with van der Waals surface area (Å²) in [6.07, 6.45) is -0.349. The predicted molar refractivity (Wildman–Crippen MR) is 123 cm³/mol. The molecule has 1 fully saturated rings. The third kappa shape index (κ3) is 5.97. The number of carbonyl (C=O) groups excluding carboxylic acids is 3. The van der Waals surface area contributed by atoms with Crippen molar-refractivity contribution in [2.75, 3.05) is 38.1 Å². The number of amides is 4. The second-order valence-corrected chi connectivity index (χ2v) is 8.57. The number of piperazine rings is 1. The van der Waals surface area contributed by atoms with Gasteiger partial charge in [-0.1, -0.05) is 18.2 Å². The molecule has 0 saturated carbocycles. The van der Waals surface area contributed by atoms with Gasteiger partial charge in [0.25, 0.3) is 5.91 Å². The molecular weight excluding hydrogens is 430 g/mol. The summed E-state index contributed by atoms with van der Waals surface area (Å²) in [5.41, 5.74) is 1.09. The van der Waals surface area contributed by atoms with Gasteiger partial charge in [-0.2, -0.15) is 0 Å². The molecule has 2 heterocycles. The van der Waals surface area contributed by atoms with Crippen LogP contribution in [0, 0.1) is 0 Å². The Morgan fingerprint density at radius 3 is 2.41 bits per heavy atom. The summed E-state index contributed by atoms with van der Waals surface area (Å²) in [6.45, 7) is 8.01. The first-order valence-electron chi connectivity index (χ1n) is 10.7. The number of anilines is 1. The minimum absolute atomic E-state index is 0.0438. The molecule has 10 heteroatoms. The minimum atomic E-state index is -0.349. The van der Waals surface area contributed by atoms with Crippen LogP contribution < -0.4 is 5.32 Å². The number of nitrogens with one attached hydrogen (secondary N) is 1. The lowest BCUT2D eigenvalue weighted by molar-refractivity contribution is 0.0566. The summed E-state index contributed by atoms with van der Waals surface area (Å²) < 4.78 is 5.01. The van der Waals surface area contributed by atoms with Gasteiger partial charge in [0.2, 0.25) is 0 Å². The summed E-state index contributed by atoms with van der Waals surface area (Å²) in [7, 11) is 0.